The van der Waals surface area contributed by atoms with Crippen LogP contribution in [0.4, 0.5) is 11.4 Å². The Kier molecular flexibility index (Phi) is 6.02. The van der Waals surface area contributed by atoms with Crippen molar-refractivity contribution in [2.75, 3.05) is 24.7 Å². The van der Waals surface area contributed by atoms with E-state index in [-0.39, 0.29) is 11.6 Å². The molecule has 24 heavy (non-hydrogen) atoms. The predicted octanol–water partition coefficient (Wildman–Crippen LogP) is 2.17. The van der Waals surface area contributed by atoms with Gasteiger partial charge in [-0.05, 0) is 30.3 Å². The number of benzene rings is 2. The number of nitrogens with zero attached hydrogens (tertiary/aromatic N) is 1. The Morgan fingerprint density at radius 2 is 1.79 bits per heavy atom. The second-order valence-electron chi connectivity index (χ2n) is 4.94. The van der Waals surface area contributed by atoms with Crippen LogP contribution >= 0.6 is 0 Å². The van der Waals surface area contributed by atoms with Gasteiger partial charge in [-0.1, -0.05) is 12.1 Å². The van der Waals surface area contributed by atoms with Gasteiger partial charge < -0.3 is 10.6 Å². The van der Waals surface area contributed by atoms with E-state index in [1.54, 1.807) is 48.7 Å². The van der Waals surface area contributed by atoms with Crippen molar-refractivity contribution in [1.82, 2.24) is 5.32 Å². The minimum absolute atomic E-state index is 0.00742. The summed E-state index contributed by atoms with van der Waals surface area (Å²) >= 11 is 0. The topological polar surface area (TPSA) is 101 Å². The molecule has 0 radical (unpaired) electrons. The maximum absolute atomic E-state index is 12.0. The van der Waals surface area contributed by atoms with E-state index in [2.05, 4.69) is 10.6 Å². The quantitative estimate of drug-likeness (QED) is 0.454. The smallest absolute Gasteiger partial charge is 0.292 e. The van der Waals surface area contributed by atoms with Crippen molar-refractivity contribution in [2.24, 2.45) is 0 Å². The maximum atomic E-state index is 12.0. The summed E-state index contributed by atoms with van der Waals surface area (Å²) in [6, 6.07) is 12.9. The van der Waals surface area contributed by atoms with Gasteiger partial charge in [0.2, 0.25) is 0 Å². The number of amides is 1. The molecule has 0 aliphatic carbocycles. The summed E-state index contributed by atoms with van der Waals surface area (Å²) in [5, 5.41) is 16.5. The fourth-order valence-electron chi connectivity index (χ4n) is 2.06. The molecule has 1 atom stereocenters. The van der Waals surface area contributed by atoms with Gasteiger partial charge in [0.25, 0.3) is 11.6 Å². The van der Waals surface area contributed by atoms with Gasteiger partial charge in [0, 0.05) is 46.7 Å². The third kappa shape index (κ3) is 4.63. The van der Waals surface area contributed by atoms with Gasteiger partial charge in [-0.3, -0.25) is 19.1 Å². The van der Waals surface area contributed by atoms with Gasteiger partial charge in [0.15, 0.2) is 0 Å². The molecular weight excluding hydrogens is 330 g/mol. The van der Waals surface area contributed by atoms with Gasteiger partial charge in [-0.25, -0.2) is 0 Å². The fraction of sp³-hybridized carbons (Fsp3) is 0.188. The van der Waals surface area contributed by atoms with Crippen LogP contribution in [0, 0.1) is 10.1 Å². The second kappa shape index (κ2) is 8.21. The van der Waals surface area contributed by atoms with Gasteiger partial charge in [0.1, 0.15) is 5.69 Å². The highest BCUT2D eigenvalue weighted by Crippen LogP contribution is 2.22. The van der Waals surface area contributed by atoms with Crippen molar-refractivity contribution in [3.8, 4) is 0 Å². The van der Waals surface area contributed by atoms with Crippen molar-refractivity contribution in [1.29, 1.82) is 0 Å². The SMILES string of the molecule is CS(=O)c1ccc(C(=O)NCCNc2ccccc2[N+](=O)[O-])cc1. The predicted molar refractivity (Wildman–Crippen MR) is 92.7 cm³/mol. The van der Waals surface area contributed by atoms with E-state index in [0.717, 1.165) is 0 Å². The Hall–Kier alpha value is -2.74. The lowest BCUT2D eigenvalue weighted by atomic mass is 10.2. The maximum Gasteiger partial charge on any atom is 0.292 e. The Morgan fingerprint density at radius 3 is 2.42 bits per heavy atom. The number of nitrogens with one attached hydrogen (secondary N) is 2. The average molecular weight is 347 g/mol. The highest BCUT2D eigenvalue weighted by Gasteiger charge is 2.11. The Balaban J connectivity index is 1.85. The van der Waals surface area contributed by atoms with Crippen LogP contribution < -0.4 is 10.6 Å². The first-order valence-corrected chi connectivity index (χ1v) is 8.74. The zero-order valence-electron chi connectivity index (χ0n) is 13.0. The first-order chi connectivity index (χ1) is 11.5. The summed E-state index contributed by atoms with van der Waals surface area (Å²) in [4.78, 5) is 23.1. The Bertz CT molecular complexity index is 762. The third-order valence-electron chi connectivity index (χ3n) is 3.28. The summed E-state index contributed by atoms with van der Waals surface area (Å²) in [6.45, 7) is 0.667. The molecule has 0 aromatic heterocycles. The summed E-state index contributed by atoms with van der Waals surface area (Å²) in [5.74, 6) is -0.257. The molecule has 0 fully saturated rings. The molecule has 7 nitrogen and oxygen atoms in total. The fourth-order valence-corrected chi connectivity index (χ4v) is 2.57. The first-order valence-electron chi connectivity index (χ1n) is 7.18. The molecule has 2 rings (SSSR count). The van der Waals surface area contributed by atoms with Crippen molar-refractivity contribution in [3.63, 3.8) is 0 Å². The van der Waals surface area contributed by atoms with Crippen molar-refractivity contribution >= 4 is 28.1 Å². The molecule has 2 N–H and O–H groups in total. The highest BCUT2D eigenvalue weighted by molar-refractivity contribution is 7.84. The highest BCUT2D eigenvalue weighted by atomic mass is 32.2. The number of hydrogen-bond acceptors (Lipinski definition) is 5. The molecule has 0 heterocycles. The number of para-hydroxylation sites is 2. The molecule has 0 aliphatic heterocycles. The number of nitro benzene ring substituents is 1. The average Bonchev–Trinajstić information content (AvgIpc) is 2.58. The van der Waals surface area contributed by atoms with E-state index < -0.39 is 15.7 Å². The minimum atomic E-state index is -1.08. The number of carbonyl (C=O) groups excluding carboxylic acids is 1. The van der Waals surface area contributed by atoms with Gasteiger partial charge in [0.05, 0.1) is 4.92 Å². The lowest BCUT2D eigenvalue weighted by molar-refractivity contribution is -0.384. The zero-order valence-corrected chi connectivity index (χ0v) is 13.8. The van der Waals surface area contributed by atoms with Gasteiger partial charge >= 0.3 is 0 Å². The molecule has 0 bridgehead atoms. The first kappa shape index (κ1) is 17.6. The van der Waals surface area contributed by atoms with E-state index >= 15 is 0 Å². The van der Waals surface area contributed by atoms with Crippen molar-refractivity contribution in [2.45, 2.75) is 4.90 Å². The monoisotopic (exact) mass is 347 g/mol. The molecule has 126 valence electrons. The second-order valence-corrected chi connectivity index (χ2v) is 6.32. The number of rotatable bonds is 7. The van der Waals surface area contributed by atoms with Crippen molar-refractivity contribution in [3.05, 3.63) is 64.2 Å². The van der Waals surface area contributed by atoms with Gasteiger partial charge in [-0.2, -0.15) is 0 Å². The third-order valence-corrected chi connectivity index (χ3v) is 4.21. The normalized spacial score (nSPS) is 11.5. The molecule has 1 amide bonds. The van der Waals surface area contributed by atoms with Crippen LogP contribution in [-0.2, 0) is 10.8 Å². The standard InChI is InChI=1S/C16H17N3O4S/c1-24(23)13-8-6-12(7-9-13)16(20)18-11-10-17-14-4-2-3-5-15(14)19(21)22/h2-9,17H,10-11H2,1H3,(H,18,20). The van der Waals surface area contributed by atoms with E-state index in [9.17, 15) is 19.1 Å². The number of carbonyl (C=O) groups is 1. The summed E-state index contributed by atoms with van der Waals surface area (Å²) in [5.41, 5.74) is 0.869. The lowest BCUT2D eigenvalue weighted by Gasteiger charge is -2.08. The molecule has 8 heteroatoms. The number of nitro groups is 1. The van der Waals surface area contributed by atoms with E-state index in [1.807, 2.05) is 0 Å². The molecule has 0 spiro atoms. The molecular formula is C16H17N3O4S. The van der Waals surface area contributed by atoms with Crippen molar-refractivity contribution < 1.29 is 13.9 Å². The van der Waals surface area contributed by atoms with Crippen LogP contribution in [-0.4, -0.2) is 34.4 Å². The Morgan fingerprint density at radius 1 is 1.12 bits per heavy atom. The minimum Gasteiger partial charge on any atom is -0.378 e. The van der Waals surface area contributed by atoms with Gasteiger partial charge in [-0.15, -0.1) is 0 Å². The molecule has 2 aromatic rings. The van der Waals surface area contributed by atoms with Crippen LogP contribution in [0.1, 0.15) is 10.4 Å². The summed E-state index contributed by atoms with van der Waals surface area (Å²) in [6.07, 6.45) is 1.57. The zero-order chi connectivity index (χ0) is 17.5. The molecule has 1 unspecified atom stereocenters. The van der Waals surface area contributed by atoms with Crippen LogP contribution in [0.5, 0.6) is 0 Å². The number of anilines is 1. The van der Waals surface area contributed by atoms with E-state index in [1.165, 1.54) is 6.07 Å². The molecule has 0 saturated heterocycles. The molecule has 0 saturated carbocycles. The number of hydrogen-bond donors (Lipinski definition) is 2. The molecule has 2 aromatic carbocycles. The largest absolute Gasteiger partial charge is 0.378 e. The van der Waals surface area contributed by atoms with Crippen LogP contribution in [0.3, 0.4) is 0 Å². The van der Waals surface area contributed by atoms with Crippen LogP contribution in [0.15, 0.2) is 53.4 Å². The van der Waals surface area contributed by atoms with Crippen LogP contribution in [0.2, 0.25) is 0 Å². The van der Waals surface area contributed by atoms with E-state index in [4.69, 9.17) is 0 Å². The summed E-state index contributed by atoms with van der Waals surface area (Å²) in [7, 11) is -1.08. The lowest BCUT2D eigenvalue weighted by Crippen LogP contribution is -2.28. The summed E-state index contributed by atoms with van der Waals surface area (Å²) < 4.78 is 11.3. The molecule has 0 aliphatic rings. The van der Waals surface area contributed by atoms with E-state index in [0.29, 0.717) is 29.2 Å². The van der Waals surface area contributed by atoms with Crippen LogP contribution in [0.25, 0.3) is 0 Å². The Labute approximate surface area is 141 Å².